The fourth-order valence-corrected chi connectivity index (χ4v) is 2.19. The number of pyridine rings is 1. The van der Waals surface area contributed by atoms with Gasteiger partial charge in [0.05, 0.1) is 17.3 Å². The second-order valence-electron chi connectivity index (χ2n) is 3.42. The van der Waals surface area contributed by atoms with Crippen molar-refractivity contribution in [3.63, 3.8) is 0 Å². The standard InChI is InChI=1S/C10H5ClF3NO2S/c11-18(17)8-4-15-7-2-1-5(10(12,13)14)3-6(7)9(8)16/h1-4H,(H,15,16). The van der Waals surface area contributed by atoms with E-state index in [0.717, 1.165) is 24.4 Å². The summed E-state index contributed by atoms with van der Waals surface area (Å²) in [5.41, 5.74) is -0.768. The van der Waals surface area contributed by atoms with Crippen LogP contribution in [0.25, 0.3) is 10.9 Å². The van der Waals surface area contributed by atoms with Gasteiger partial charge in [-0.2, -0.15) is 13.2 Å². The minimum atomic E-state index is -4.53. The van der Waals surface area contributed by atoms with Gasteiger partial charge in [-0.15, -0.1) is 0 Å². The Kier molecular flexibility index (Phi) is 3.31. The van der Waals surface area contributed by atoms with Crippen molar-refractivity contribution in [1.29, 1.82) is 0 Å². The fourth-order valence-electron chi connectivity index (χ4n) is 1.45. The highest BCUT2D eigenvalue weighted by atomic mass is 35.7. The smallest absolute Gasteiger partial charge is 0.416 e. The van der Waals surface area contributed by atoms with Gasteiger partial charge in [0.25, 0.3) is 0 Å². The SMILES string of the molecule is [O-][S+](Cl)c1cnc2ccc(C(F)(F)F)cc2c1O. The van der Waals surface area contributed by atoms with Crippen molar-refractivity contribution in [3.8, 4) is 5.75 Å². The number of alkyl halides is 3. The Morgan fingerprint density at radius 3 is 2.56 bits per heavy atom. The van der Waals surface area contributed by atoms with Crippen molar-refractivity contribution in [1.82, 2.24) is 4.98 Å². The molecular weight excluding hydrogens is 291 g/mol. The predicted octanol–water partition coefficient (Wildman–Crippen LogP) is 3.22. The normalized spacial score (nSPS) is 13.8. The van der Waals surface area contributed by atoms with Crippen LogP contribution in [0.3, 0.4) is 0 Å². The second-order valence-corrected chi connectivity index (χ2v) is 5.15. The zero-order valence-electron chi connectivity index (χ0n) is 8.53. The number of aromatic nitrogens is 1. The number of nitrogens with zero attached hydrogens (tertiary/aromatic N) is 1. The molecule has 0 spiro atoms. The van der Waals surface area contributed by atoms with Gasteiger partial charge in [-0.3, -0.25) is 4.98 Å². The molecule has 1 aromatic carbocycles. The summed E-state index contributed by atoms with van der Waals surface area (Å²) in [6.07, 6.45) is -3.47. The zero-order valence-corrected chi connectivity index (χ0v) is 10.1. The zero-order chi connectivity index (χ0) is 13.5. The van der Waals surface area contributed by atoms with Gasteiger partial charge in [-0.05, 0) is 18.2 Å². The maximum Gasteiger partial charge on any atom is 0.416 e. The molecule has 0 fully saturated rings. The minimum Gasteiger partial charge on any atom is -0.594 e. The van der Waals surface area contributed by atoms with Gasteiger partial charge >= 0.3 is 6.18 Å². The number of fused-ring (bicyclic) bond motifs is 1. The van der Waals surface area contributed by atoms with Crippen LogP contribution in [0, 0.1) is 0 Å². The molecule has 2 aromatic rings. The maximum atomic E-state index is 12.5. The molecule has 0 amide bonds. The number of hydrogen-bond acceptors (Lipinski definition) is 3. The second kappa shape index (κ2) is 4.49. The lowest BCUT2D eigenvalue weighted by Crippen LogP contribution is -2.04. The molecule has 0 radical (unpaired) electrons. The van der Waals surface area contributed by atoms with Crippen molar-refractivity contribution < 1.29 is 22.8 Å². The lowest BCUT2D eigenvalue weighted by atomic mass is 10.1. The molecule has 3 nitrogen and oxygen atoms in total. The van der Waals surface area contributed by atoms with Crippen LogP contribution in [0.5, 0.6) is 5.75 Å². The summed E-state index contributed by atoms with van der Waals surface area (Å²) in [7, 11) is 3.24. The van der Waals surface area contributed by atoms with E-state index in [2.05, 4.69) is 4.98 Å². The van der Waals surface area contributed by atoms with E-state index in [9.17, 15) is 22.8 Å². The van der Waals surface area contributed by atoms with Gasteiger partial charge in [0, 0.05) is 5.39 Å². The molecular formula is C10H5ClF3NO2S. The van der Waals surface area contributed by atoms with Crippen molar-refractivity contribution >= 4 is 32.0 Å². The van der Waals surface area contributed by atoms with Gasteiger partial charge in [-0.25, -0.2) is 0 Å². The number of benzene rings is 1. The fraction of sp³-hybridized carbons (Fsp3) is 0.100. The van der Waals surface area contributed by atoms with Gasteiger partial charge in [-0.1, -0.05) is 0 Å². The quantitative estimate of drug-likeness (QED) is 0.822. The van der Waals surface area contributed by atoms with E-state index >= 15 is 0 Å². The van der Waals surface area contributed by atoms with Crippen LogP contribution in [-0.2, 0) is 16.6 Å². The van der Waals surface area contributed by atoms with Gasteiger partial charge in [0.1, 0.15) is 10.4 Å². The van der Waals surface area contributed by atoms with Crippen molar-refractivity contribution in [2.45, 2.75) is 11.1 Å². The molecule has 0 saturated carbocycles. The summed E-state index contributed by atoms with van der Waals surface area (Å²) >= 11 is 0. The van der Waals surface area contributed by atoms with Crippen LogP contribution in [-0.4, -0.2) is 14.6 Å². The minimum absolute atomic E-state index is 0.142. The average Bonchev–Trinajstić information content (AvgIpc) is 2.27. The molecule has 0 aliphatic carbocycles. The van der Waals surface area contributed by atoms with Gasteiger partial charge < -0.3 is 9.66 Å². The first kappa shape index (κ1) is 13.3. The van der Waals surface area contributed by atoms with Gasteiger partial charge in [0.15, 0.2) is 16.4 Å². The molecule has 1 N–H and O–H groups in total. The maximum absolute atomic E-state index is 12.5. The van der Waals surface area contributed by atoms with E-state index in [1.54, 1.807) is 0 Å². The summed E-state index contributed by atoms with van der Waals surface area (Å²) in [4.78, 5) is 3.56. The monoisotopic (exact) mass is 295 g/mol. The van der Waals surface area contributed by atoms with Crippen LogP contribution in [0.4, 0.5) is 13.2 Å². The molecule has 0 aliphatic rings. The lowest BCUT2D eigenvalue weighted by molar-refractivity contribution is -0.137. The third-order valence-electron chi connectivity index (χ3n) is 2.31. The van der Waals surface area contributed by atoms with Crippen LogP contribution < -0.4 is 0 Å². The van der Waals surface area contributed by atoms with E-state index in [-0.39, 0.29) is 15.8 Å². The molecule has 1 unspecified atom stereocenters. The van der Waals surface area contributed by atoms with E-state index < -0.39 is 27.9 Å². The van der Waals surface area contributed by atoms with Crippen LogP contribution in [0.2, 0.25) is 0 Å². The molecule has 0 saturated heterocycles. The Morgan fingerprint density at radius 1 is 1.33 bits per heavy atom. The summed E-state index contributed by atoms with van der Waals surface area (Å²) < 4.78 is 48.6. The van der Waals surface area contributed by atoms with Gasteiger partial charge in [0.2, 0.25) is 4.90 Å². The Hall–Kier alpha value is -1.18. The van der Waals surface area contributed by atoms with E-state index in [1.807, 2.05) is 0 Å². The predicted molar refractivity (Wildman–Crippen MR) is 60.7 cm³/mol. The van der Waals surface area contributed by atoms with Crippen LogP contribution >= 0.6 is 10.7 Å². The first-order chi connectivity index (χ1) is 8.30. The van der Waals surface area contributed by atoms with E-state index in [0.29, 0.717) is 0 Å². The molecule has 0 aliphatic heterocycles. The number of halogens is 4. The number of rotatable bonds is 1. The lowest BCUT2D eigenvalue weighted by Gasteiger charge is -2.09. The third kappa shape index (κ3) is 2.33. The summed E-state index contributed by atoms with van der Waals surface area (Å²) in [6, 6.07) is 2.72. The highest BCUT2D eigenvalue weighted by molar-refractivity contribution is 8.13. The van der Waals surface area contributed by atoms with Crippen molar-refractivity contribution in [3.05, 3.63) is 30.0 Å². The largest absolute Gasteiger partial charge is 0.594 e. The number of hydrogen-bond donors (Lipinski definition) is 1. The summed E-state index contributed by atoms with van der Waals surface area (Å²) in [5.74, 6) is -0.556. The molecule has 96 valence electrons. The first-order valence-electron chi connectivity index (χ1n) is 4.57. The average molecular weight is 296 g/mol. The Balaban J connectivity index is 2.71. The molecule has 1 heterocycles. The molecule has 2 rings (SSSR count). The Morgan fingerprint density at radius 2 is 2.00 bits per heavy atom. The molecule has 8 heteroatoms. The Bertz CT molecular complexity index is 603. The summed E-state index contributed by atoms with van der Waals surface area (Å²) in [6.45, 7) is 0. The molecule has 1 aromatic heterocycles. The third-order valence-corrected chi connectivity index (χ3v) is 3.45. The van der Waals surface area contributed by atoms with Crippen LogP contribution in [0.15, 0.2) is 29.3 Å². The van der Waals surface area contributed by atoms with Crippen molar-refractivity contribution in [2.75, 3.05) is 0 Å². The molecule has 18 heavy (non-hydrogen) atoms. The highest BCUT2D eigenvalue weighted by Gasteiger charge is 2.31. The molecule has 0 bridgehead atoms. The van der Waals surface area contributed by atoms with Crippen molar-refractivity contribution in [2.24, 2.45) is 0 Å². The topological polar surface area (TPSA) is 56.2 Å². The highest BCUT2D eigenvalue weighted by Crippen LogP contribution is 2.36. The van der Waals surface area contributed by atoms with Crippen LogP contribution in [0.1, 0.15) is 5.56 Å². The Labute approximate surface area is 107 Å². The first-order valence-corrected chi connectivity index (χ1v) is 6.55. The molecule has 1 atom stereocenters. The van der Waals surface area contributed by atoms with E-state index in [1.165, 1.54) is 0 Å². The van der Waals surface area contributed by atoms with E-state index in [4.69, 9.17) is 10.7 Å². The summed E-state index contributed by atoms with van der Waals surface area (Å²) in [5, 5.41) is 9.58. The number of aromatic hydroxyl groups is 1.